The standard InChI is InChI=1S/C21H26N2O6/c1-4-10-28-19-13-16(17(23(25)26)14-20(19)29-11-5-2)22-21(24)12-15-8-6-7-9-18(15)27-3/h6-9,13-14H,4-5,10-12H2,1-3H3,(H,22,24). The number of anilines is 1. The first kappa shape index (κ1) is 22.0. The lowest BCUT2D eigenvalue weighted by molar-refractivity contribution is -0.384. The Bertz CT molecular complexity index is 853. The number of amides is 1. The Morgan fingerprint density at radius 2 is 1.66 bits per heavy atom. The number of benzene rings is 2. The van der Waals surface area contributed by atoms with Gasteiger partial charge in [-0.15, -0.1) is 0 Å². The number of ether oxygens (including phenoxy) is 3. The van der Waals surface area contributed by atoms with Crippen LogP contribution in [0.5, 0.6) is 17.2 Å². The topological polar surface area (TPSA) is 99.9 Å². The number of nitro groups is 1. The molecule has 29 heavy (non-hydrogen) atoms. The Hall–Kier alpha value is -3.29. The van der Waals surface area contributed by atoms with Crippen molar-refractivity contribution in [3.8, 4) is 17.2 Å². The van der Waals surface area contributed by atoms with Crippen LogP contribution in [0.2, 0.25) is 0 Å². The quantitative estimate of drug-likeness (QED) is 0.443. The summed E-state index contributed by atoms with van der Waals surface area (Å²) in [6, 6.07) is 9.85. The summed E-state index contributed by atoms with van der Waals surface area (Å²) < 4.78 is 16.5. The number of para-hydroxylation sites is 1. The van der Waals surface area contributed by atoms with Crippen molar-refractivity contribution < 1.29 is 23.9 Å². The molecule has 0 unspecified atom stereocenters. The molecule has 0 atom stereocenters. The van der Waals surface area contributed by atoms with Crippen molar-refractivity contribution in [2.24, 2.45) is 0 Å². The minimum absolute atomic E-state index is 0.0143. The molecule has 0 heterocycles. The van der Waals surface area contributed by atoms with E-state index < -0.39 is 10.8 Å². The molecule has 156 valence electrons. The highest BCUT2D eigenvalue weighted by Gasteiger charge is 2.22. The summed E-state index contributed by atoms with van der Waals surface area (Å²) in [5.41, 5.74) is 0.485. The van der Waals surface area contributed by atoms with Crippen LogP contribution in [0.25, 0.3) is 0 Å². The summed E-state index contributed by atoms with van der Waals surface area (Å²) in [4.78, 5) is 23.5. The van der Waals surface area contributed by atoms with Crippen molar-refractivity contribution >= 4 is 17.3 Å². The Balaban J connectivity index is 2.31. The lowest BCUT2D eigenvalue weighted by Gasteiger charge is -2.15. The molecule has 0 bridgehead atoms. The number of nitro benzene ring substituents is 1. The number of hydrogen-bond donors (Lipinski definition) is 1. The summed E-state index contributed by atoms with van der Waals surface area (Å²) in [5.74, 6) is 0.821. The molecule has 8 nitrogen and oxygen atoms in total. The van der Waals surface area contributed by atoms with E-state index in [-0.39, 0.29) is 23.5 Å². The molecule has 0 saturated carbocycles. The minimum atomic E-state index is -0.554. The molecule has 1 amide bonds. The van der Waals surface area contributed by atoms with Gasteiger partial charge in [0, 0.05) is 11.6 Å². The second-order valence-corrected chi connectivity index (χ2v) is 6.31. The summed E-state index contributed by atoms with van der Waals surface area (Å²) in [7, 11) is 1.52. The molecule has 2 aromatic rings. The van der Waals surface area contributed by atoms with Crippen molar-refractivity contribution in [2.45, 2.75) is 33.1 Å². The molecule has 0 aliphatic heterocycles. The highest BCUT2D eigenvalue weighted by Crippen LogP contribution is 2.38. The third kappa shape index (κ3) is 6.10. The Kier molecular flexibility index (Phi) is 8.27. The van der Waals surface area contributed by atoms with E-state index in [2.05, 4.69) is 5.32 Å². The SMILES string of the molecule is CCCOc1cc(NC(=O)Cc2ccccc2OC)c([N+](=O)[O-])cc1OCCC. The fraction of sp³-hybridized carbons (Fsp3) is 0.381. The van der Waals surface area contributed by atoms with Crippen molar-refractivity contribution in [3.63, 3.8) is 0 Å². The van der Waals surface area contributed by atoms with Crippen molar-refractivity contribution in [3.05, 3.63) is 52.1 Å². The number of methoxy groups -OCH3 is 1. The van der Waals surface area contributed by atoms with Crippen LogP contribution in [0.15, 0.2) is 36.4 Å². The minimum Gasteiger partial charge on any atom is -0.496 e. The maximum absolute atomic E-state index is 12.5. The molecule has 0 aliphatic carbocycles. The summed E-state index contributed by atoms with van der Waals surface area (Å²) in [6.45, 7) is 4.72. The highest BCUT2D eigenvalue weighted by molar-refractivity contribution is 5.95. The Morgan fingerprint density at radius 1 is 1.03 bits per heavy atom. The lowest BCUT2D eigenvalue weighted by atomic mass is 10.1. The number of rotatable bonds is 11. The Labute approximate surface area is 169 Å². The number of nitrogens with one attached hydrogen (secondary N) is 1. The molecule has 0 aromatic heterocycles. The average molecular weight is 402 g/mol. The van der Waals surface area contributed by atoms with Gasteiger partial charge in [0.05, 0.1) is 37.7 Å². The molecule has 1 N–H and O–H groups in total. The average Bonchev–Trinajstić information content (AvgIpc) is 2.71. The maximum atomic E-state index is 12.5. The number of nitrogens with zero attached hydrogens (tertiary/aromatic N) is 1. The molecule has 0 aliphatic rings. The summed E-state index contributed by atoms with van der Waals surface area (Å²) >= 11 is 0. The van der Waals surface area contributed by atoms with Crippen LogP contribution in [0.1, 0.15) is 32.3 Å². The number of carbonyl (C=O) groups excluding carboxylic acids is 1. The second-order valence-electron chi connectivity index (χ2n) is 6.31. The van der Waals surface area contributed by atoms with E-state index >= 15 is 0 Å². The van der Waals surface area contributed by atoms with Gasteiger partial charge < -0.3 is 19.5 Å². The van der Waals surface area contributed by atoms with Crippen LogP contribution >= 0.6 is 0 Å². The van der Waals surface area contributed by atoms with Gasteiger partial charge in [-0.2, -0.15) is 0 Å². The number of carbonyl (C=O) groups is 1. The first-order valence-electron chi connectivity index (χ1n) is 9.49. The van der Waals surface area contributed by atoms with E-state index in [1.807, 2.05) is 13.8 Å². The molecule has 8 heteroatoms. The fourth-order valence-corrected chi connectivity index (χ4v) is 2.67. The van der Waals surface area contributed by atoms with E-state index in [9.17, 15) is 14.9 Å². The van der Waals surface area contributed by atoms with Gasteiger partial charge in [0.15, 0.2) is 11.5 Å². The molecule has 0 fully saturated rings. The van der Waals surface area contributed by atoms with Gasteiger partial charge in [-0.05, 0) is 18.9 Å². The third-order valence-corrected chi connectivity index (χ3v) is 4.00. The van der Waals surface area contributed by atoms with E-state index in [0.717, 1.165) is 12.8 Å². The van der Waals surface area contributed by atoms with Crippen LogP contribution in [0, 0.1) is 10.1 Å². The van der Waals surface area contributed by atoms with Gasteiger partial charge in [-0.1, -0.05) is 32.0 Å². The van der Waals surface area contributed by atoms with Crippen LogP contribution in [0.4, 0.5) is 11.4 Å². The van der Waals surface area contributed by atoms with Gasteiger partial charge in [-0.25, -0.2) is 0 Å². The van der Waals surface area contributed by atoms with Gasteiger partial charge in [0.1, 0.15) is 11.4 Å². The van der Waals surface area contributed by atoms with Crippen LogP contribution in [-0.2, 0) is 11.2 Å². The van der Waals surface area contributed by atoms with Gasteiger partial charge in [-0.3, -0.25) is 14.9 Å². The first-order chi connectivity index (χ1) is 14.0. The molecule has 0 radical (unpaired) electrons. The zero-order chi connectivity index (χ0) is 21.2. The van der Waals surface area contributed by atoms with Crippen molar-refractivity contribution in [1.29, 1.82) is 0 Å². The summed E-state index contributed by atoms with van der Waals surface area (Å²) in [5, 5.41) is 14.2. The highest BCUT2D eigenvalue weighted by atomic mass is 16.6. The number of hydrogen-bond acceptors (Lipinski definition) is 6. The van der Waals surface area contributed by atoms with Crippen molar-refractivity contribution in [2.75, 3.05) is 25.6 Å². The van der Waals surface area contributed by atoms with Crippen LogP contribution in [0.3, 0.4) is 0 Å². The van der Waals surface area contributed by atoms with Crippen LogP contribution < -0.4 is 19.5 Å². The summed E-state index contributed by atoms with van der Waals surface area (Å²) in [6.07, 6.45) is 1.53. The normalized spacial score (nSPS) is 10.3. The maximum Gasteiger partial charge on any atom is 0.296 e. The van der Waals surface area contributed by atoms with E-state index in [0.29, 0.717) is 30.3 Å². The zero-order valence-corrected chi connectivity index (χ0v) is 16.9. The van der Waals surface area contributed by atoms with Gasteiger partial charge in [0.25, 0.3) is 5.69 Å². The molecule has 0 saturated heterocycles. The van der Waals surface area contributed by atoms with E-state index in [1.165, 1.54) is 19.2 Å². The zero-order valence-electron chi connectivity index (χ0n) is 16.9. The fourth-order valence-electron chi connectivity index (χ4n) is 2.67. The predicted molar refractivity (Wildman–Crippen MR) is 110 cm³/mol. The Morgan fingerprint density at radius 3 is 2.24 bits per heavy atom. The van der Waals surface area contributed by atoms with Crippen molar-refractivity contribution in [1.82, 2.24) is 0 Å². The third-order valence-electron chi connectivity index (χ3n) is 4.00. The molecule has 0 spiro atoms. The molecule has 2 rings (SSSR count). The second kappa shape index (κ2) is 10.9. The lowest BCUT2D eigenvalue weighted by Crippen LogP contribution is -2.16. The molecular formula is C21H26N2O6. The largest absolute Gasteiger partial charge is 0.496 e. The molecule has 2 aromatic carbocycles. The first-order valence-corrected chi connectivity index (χ1v) is 9.49. The monoisotopic (exact) mass is 402 g/mol. The van der Waals surface area contributed by atoms with E-state index in [4.69, 9.17) is 14.2 Å². The predicted octanol–water partition coefficient (Wildman–Crippen LogP) is 4.36. The van der Waals surface area contributed by atoms with Gasteiger partial charge in [0.2, 0.25) is 5.91 Å². The van der Waals surface area contributed by atoms with Gasteiger partial charge >= 0.3 is 0 Å². The van der Waals surface area contributed by atoms with Crippen LogP contribution in [-0.4, -0.2) is 31.2 Å². The smallest absolute Gasteiger partial charge is 0.296 e. The van der Waals surface area contributed by atoms with E-state index in [1.54, 1.807) is 24.3 Å². The molecular weight excluding hydrogens is 376 g/mol.